The Morgan fingerprint density at radius 2 is 1.74 bits per heavy atom. The van der Waals surface area contributed by atoms with Crippen LogP contribution in [0.5, 0.6) is 0 Å². The van der Waals surface area contributed by atoms with Gasteiger partial charge >= 0.3 is 0 Å². The molecule has 0 radical (unpaired) electrons. The van der Waals surface area contributed by atoms with E-state index in [9.17, 15) is 13.2 Å². The molecule has 31 heavy (non-hydrogen) atoms. The van der Waals surface area contributed by atoms with Gasteiger partial charge in [-0.05, 0) is 44.2 Å². The quantitative estimate of drug-likeness (QED) is 0.723. The molecule has 2 fully saturated rings. The van der Waals surface area contributed by atoms with E-state index in [0.717, 1.165) is 38.2 Å². The first-order chi connectivity index (χ1) is 15.0. The topological polar surface area (TPSA) is 84.7 Å². The lowest BCUT2D eigenvalue weighted by Gasteiger charge is -2.46. The number of nitrogens with zero attached hydrogens (tertiary/aromatic N) is 4. The SMILES string of the molecule is O=C([C@H]1Cn2ccnc2C2(CCN(S(=O)(=O)c3ccccc3)CC2)O1)N1CCCCC1. The zero-order valence-corrected chi connectivity index (χ0v) is 18.3. The van der Waals surface area contributed by atoms with Crippen molar-refractivity contribution in [3.63, 3.8) is 0 Å². The normalized spacial score (nSPS) is 24.1. The van der Waals surface area contributed by atoms with Gasteiger partial charge in [-0.3, -0.25) is 4.79 Å². The predicted octanol–water partition coefficient (Wildman–Crippen LogP) is 1.97. The first kappa shape index (κ1) is 20.7. The van der Waals surface area contributed by atoms with E-state index in [2.05, 4.69) is 4.98 Å². The van der Waals surface area contributed by atoms with Gasteiger partial charge in [-0.25, -0.2) is 13.4 Å². The Morgan fingerprint density at radius 1 is 1.03 bits per heavy atom. The fourth-order valence-electron chi connectivity index (χ4n) is 5.01. The molecule has 3 aliphatic rings. The van der Waals surface area contributed by atoms with Gasteiger partial charge in [0.05, 0.1) is 11.4 Å². The third-order valence-electron chi connectivity index (χ3n) is 6.71. The molecular formula is C22H28N4O4S. The van der Waals surface area contributed by atoms with Gasteiger partial charge in [-0.15, -0.1) is 0 Å². The Bertz CT molecular complexity index is 1040. The average molecular weight is 445 g/mol. The standard InChI is InChI=1S/C22H28N4O4S/c27-20(24-12-5-2-6-13-24)19-17-25-16-11-23-21(25)22(30-19)9-14-26(15-10-22)31(28,29)18-7-3-1-4-8-18/h1,3-4,7-8,11,16,19H,2,5-6,9-10,12-15,17H2/t19-/m1/s1. The van der Waals surface area contributed by atoms with Crippen LogP contribution in [0.15, 0.2) is 47.6 Å². The fraction of sp³-hybridized carbons (Fsp3) is 0.545. The zero-order valence-electron chi connectivity index (χ0n) is 17.5. The fourth-order valence-corrected chi connectivity index (χ4v) is 6.48. The van der Waals surface area contributed by atoms with Gasteiger partial charge in [-0.1, -0.05) is 18.2 Å². The lowest BCUT2D eigenvalue weighted by molar-refractivity contribution is -0.179. The average Bonchev–Trinajstić information content (AvgIpc) is 3.30. The highest BCUT2D eigenvalue weighted by Gasteiger charge is 2.49. The molecule has 8 nitrogen and oxygen atoms in total. The van der Waals surface area contributed by atoms with Crippen molar-refractivity contribution in [1.29, 1.82) is 0 Å². The number of aromatic nitrogens is 2. The second-order valence-electron chi connectivity index (χ2n) is 8.61. The minimum absolute atomic E-state index is 0.0396. The number of ether oxygens (including phenoxy) is 1. The highest BCUT2D eigenvalue weighted by Crippen LogP contribution is 2.41. The molecule has 166 valence electrons. The molecule has 1 spiro atoms. The van der Waals surface area contributed by atoms with Gasteiger partial charge < -0.3 is 14.2 Å². The van der Waals surface area contributed by atoms with Gasteiger partial charge in [-0.2, -0.15) is 4.31 Å². The Kier molecular flexibility index (Phi) is 5.35. The lowest BCUT2D eigenvalue weighted by atomic mass is 9.89. The largest absolute Gasteiger partial charge is 0.352 e. The first-order valence-electron chi connectivity index (χ1n) is 11.0. The molecule has 5 rings (SSSR count). The maximum absolute atomic E-state index is 13.2. The van der Waals surface area contributed by atoms with Gasteiger partial charge in [0.15, 0.2) is 6.10 Å². The summed E-state index contributed by atoms with van der Waals surface area (Å²) in [6.45, 7) is 2.68. The number of carbonyl (C=O) groups excluding carboxylic acids is 1. The summed E-state index contributed by atoms with van der Waals surface area (Å²) in [7, 11) is -3.55. The number of piperidine rings is 2. The van der Waals surface area contributed by atoms with Crippen molar-refractivity contribution >= 4 is 15.9 Å². The zero-order chi connectivity index (χ0) is 21.5. The molecule has 9 heteroatoms. The third kappa shape index (κ3) is 3.68. The van der Waals surface area contributed by atoms with Crippen LogP contribution in [0.2, 0.25) is 0 Å². The minimum atomic E-state index is -3.55. The lowest BCUT2D eigenvalue weighted by Crippen LogP contribution is -2.55. The Morgan fingerprint density at radius 3 is 2.45 bits per heavy atom. The van der Waals surface area contributed by atoms with E-state index < -0.39 is 21.7 Å². The molecule has 1 aromatic carbocycles. The number of hydrogen-bond acceptors (Lipinski definition) is 5. The highest BCUT2D eigenvalue weighted by atomic mass is 32.2. The van der Waals surface area contributed by atoms with Crippen LogP contribution >= 0.6 is 0 Å². The number of hydrogen-bond donors (Lipinski definition) is 0. The number of rotatable bonds is 3. The van der Waals surface area contributed by atoms with Crippen molar-refractivity contribution in [2.45, 2.75) is 55.2 Å². The van der Waals surface area contributed by atoms with Crippen LogP contribution in [0, 0.1) is 0 Å². The van der Waals surface area contributed by atoms with E-state index in [1.165, 1.54) is 4.31 Å². The summed E-state index contributed by atoms with van der Waals surface area (Å²) in [5, 5.41) is 0. The summed E-state index contributed by atoms with van der Waals surface area (Å²) in [6.07, 6.45) is 7.25. The van der Waals surface area contributed by atoms with Crippen LogP contribution < -0.4 is 0 Å². The molecule has 3 aliphatic heterocycles. The molecule has 1 atom stereocenters. The van der Waals surface area contributed by atoms with E-state index in [-0.39, 0.29) is 5.91 Å². The first-order valence-corrected chi connectivity index (χ1v) is 12.5. The minimum Gasteiger partial charge on any atom is -0.352 e. The number of carbonyl (C=O) groups is 1. The van der Waals surface area contributed by atoms with E-state index >= 15 is 0 Å². The van der Waals surface area contributed by atoms with Gasteiger partial charge in [0.25, 0.3) is 5.91 Å². The number of sulfonamides is 1. The third-order valence-corrected chi connectivity index (χ3v) is 8.62. The van der Waals surface area contributed by atoms with Crippen LogP contribution in [0.25, 0.3) is 0 Å². The van der Waals surface area contributed by atoms with E-state index in [0.29, 0.717) is 37.4 Å². The Hall–Kier alpha value is -2.23. The summed E-state index contributed by atoms with van der Waals surface area (Å²) in [5.74, 6) is 0.838. The summed E-state index contributed by atoms with van der Waals surface area (Å²) in [6, 6.07) is 8.51. The predicted molar refractivity (Wildman–Crippen MR) is 114 cm³/mol. The summed E-state index contributed by atoms with van der Waals surface area (Å²) in [5.41, 5.74) is -0.736. The number of imidazole rings is 1. The number of benzene rings is 1. The molecule has 1 aromatic heterocycles. The second kappa shape index (κ2) is 8.03. The van der Waals surface area contributed by atoms with Crippen molar-refractivity contribution in [2.24, 2.45) is 0 Å². The Balaban J connectivity index is 1.36. The van der Waals surface area contributed by atoms with E-state index in [1.807, 2.05) is 15.7 Å². The molecule has 0 unspecified atom stereocenters. The van der Waals surface area contributed by atoms with Crippen LogP contribution in [0.4, 0.5) is 0 Å². The van der Waals surface area contributed by atoms with Crippen molar-refractivity contribution in [2.75, 3.05) is 26.2 Å². The highest BCUT2D eigenvalue weighted by molar-refractivity contribution is 7.89. The number of likely N-dealkylation sites (tertiary alicyclic amines) is 1. The second-order valence-corrected chi connectivity index (χ2v) is 10.5. The summed E-state index contributed by atoms with van der Waals surface area (Å²) in [4.78, 5) is 19.9. The monoisotopic (exact) mass is 444 g/mol. The smallest absolute Gasteiger partial charge is 0.253 e. The molecule has 2 saturated heterocycles. The molecule has 0 bridgehead atoms. The molecule has 0 aliphatic carbocycles. The van der Waals surface area contributed by atoms with Crippen molar-refractivity contribution < 1.29 is 17.9 Å². The number of fused-ring (bicyclic) bond motifs is 2. The van der Waals surface area contributed by atoms with Gasteiger partial charge in [0.1, 0.15) is 11.4 Å². The van der Waals surface area contributed by atoms with E-state index in [4.69, 9.17) is 4.74 Å². The van der Waals surface area contributed by atoms with Crippen LogP contribution in [-0.4, -0.2) is 65.4 Å². The Labute approximate surface area is 182 Å². The van der Waals surface area contributed by atoms with E-state index in [1.54, 1.807) is 36.5 Å². The maximum Gasteiger partial charge on any atom is 0.253 e. The molecule has 0 saturated carbocycles. The molecule has 0 N–H and O–H groups in total. The van der Waals surface area contributed by atoms with Crippen molar-refractivity contribution in [1.82, 2.24) is 18.8 Å². The molecule has 1 amide bonds. The van der Waals surface area contributed by atoms with Crippen LogP contribution in [0.1, 0.15) is 37.9 Å². The maximum atomic E-state index is 13.2. The van der Waals surface area contributed by atoms with Crippen LogP contribution in [0.3, 0.4) is 0 Å². The molecule has 2 aromatic rings. The van der Waals surface area contributed by atoms with Gasteiger partial charge in [0.2, 0.25) is 10.0 Å². The van der Waals surface area contributed by atoms with Gasteiger partial charge in [0, 0.05) is 38.6 Å². The van der Waals surface area contributed by atoms with Crippen LogP contribution in [-0.2, 0) is 31.7 Å². The van der Waals surface area contributed by atoms with Crippen molar-refractivity contribution in [3.8, 4) is 0 Å². The summed E-state index contributed by atoms with van der Waals surface area (Å²) < 4.78 is 36.1. The molecule has 4 heterocycles. The molecular weight excluding hydrogens is 416 g/mol. The van der Waals surface area contributed by atoms with Crippen molar-refractivity contribution in [3.05, 3.63) is 48.5 Å². The summed E-state index contributed by atoms with van der Waals surface area (Å²) >= 11 is 0. The number of amides is 1.